The Labute approximate surface area is 116 Å². The van der Waals surface area contributed by atoms with Gasteiger partial charge in [-0.25, -0.2) is 0 Å². The molecule has 1 aromatic heterocycles. The molecule has 0 saturated heterocycles. The molecule has 0 unspecified atom stereocenters. The SMILES string of the molecule is O=C(CN1CCc2sccc2C1)Nc1ccccc1. The summed E-state index contributed by atoms with van der Waals surface area (Å²) in [6.07, 6.45) is 1.06. The van der Waals surface area contributed by atoms with Crippen molar-refractivity contribution in [2.24, 2.45) is 0 Å². The highest BCUT2D eigenvalue weighted by atomic mass is 32.1. The zero-order valence-electron chi connectivity index (χ0n) is 10.6. The molecular formula is C15H16N2OS. The molecule has 1 aromatic carbocycles. The molecule has 3 nitrogen and oxygen atoms in total. The topological polar surface area (TPSA) is 32.3 Å². The highest BCUT2D eigenvalue weighted by Crippen LogP contribution is 2.23. The first kappa shape index (κ1) is 12.4. The molecule has 4 heteroatoms. The van der Waals surface area contributed by atoms with E-state index in [0.717, 1.165) is 25.2 Å². The minimum absolute atomic E-state index is 0.0601. The number of hydrogen-bond acceptors (Lipinski definition) is 3. The van der Waals surface area contributed by atoms with E-state index in [-0.39, 0.29) is 5.91 Å². The van der Waals surface area contributed by atoms with Gasteiger partial charge >= 0.3 is 0 Å². The Morgan fingerprint density at radius 2 is 2.11 bits per heavy atom. The van der Waals surface area contributed by atoms with Crippen LogP contribution in [0.15, 0.2) is 41.8 Å². The van der Waals surface area contributed by atoms with Crippen molar-refractivity contribution in [1.29, 1.82) is 0 Å². The number of benzene rings is 1. The van der Waals surface area contributed by atoms with Crippen LogP contribution in [0.5, 0.6) is 0 Å². The van der Waals surface area contributed by atoms with Gasteiger partial charge in [0.1, 0.15) is 0 Å². The molecule has 2 aromatic rings. The van der Waals surface area contributed by atoms with Gasteiger partial charge in [0, 0.05) is 23.7 Å². The lowest BCUT2D eigenvalue weighted by atomic mass is 10.1. The van der Waals surface area contributed by atoms with Gasteiger partial charge in [-0.1, -0.05) is 18.2 Å². The average molecular weight is 272 g/mol. The molecule has 0 saturated carbocycles. The average Bonchev–Trinajstić information content (AvgIpc) is 2.87. The van der Waals surface area contributed by atoms with Gasteiger partial charge in [-0.15, -0.1) is 11.3 Å². The van der Waals surface area contributed by atoms with Crippen molar-refractivity contribution in [2.45, 2.75) is 13.0 Å². The Balaban J connectivity index is 1.56. The molecule has 3 rings (SSSR count). The number of anilines is 1. The van der Waals surface area contributed by atoms with Crippen molar-refractivity contribution in [3.05, 3.63) is 52.2 Å². The summed E-state index contributed by atoms with van der Waals surface area (Å²) >= 11 is 1.82. The van der Waals surface area contributed by atoms with Crippen LogP contribution in [0.1, 0.15) is 10.4 Å². The summed E-state index contributed by atoms with van der Waals surface area (Å²) in [7, 11) is 0. The number of nitrogens with one attached hydrogen (secondary N) is 1. The molecule has 19 heavy (non-hydrogen) atoms. The van der Waals surface area contributed by atoms with Crippen LogP contribution in [0.2, 0.25) is 0 Å². The Bertz CT molecular complexity index is 565. The first-order valence-corrected chi connectivity index (χ1v) is 7.32. The first-order chi connectivity index (χ1) is 9.31. The van der Waals surface area contributed by atoms with Crippen molar-refractivity contribution in [2.75, 3.05) is 18.4 Å². The maximum absolute atomic E-state index is 12.0. The van der Waals surface area contributed by atoms with Gasteiger partial charge in [0.05, 0.1) is 6.54 Å². The molecule has 0 radical (unpaired) electrons. The lowest BCUT2D eigenvalue weighted by Gasteiger charge is -2.26. The van der Waals surface area contributed by atoms with Crippen molar-refractivity contribution in [3.8, 4) is 0 Å². The molecule has 0 aliphatic carbocycles. The molecule has 1 N–H and O–H groups in total. The molecule has 98 valence electrons. The quantitative estimate of drug-likeness (QED) is 0.932. The van der Waals surface area contributed by atoms with E-state index < -0.39 is 0 Å². The summed E-state index contributed by atoms with van der Waals surface area (Å²) in [5.74, 6) is 0.0601. The third-order valence-corrected chi connectivity index (χ3v) is 4.33. The van der Waals surface area contributed by atoms with Crippen molar-refractivity contribution >= 4 is 22.9 Å². The lowest BCUT2D eigenvalue weighted by Crippen LogP contribution is -2.36. The van der Waals surface area contributed by atoms with Crippen LogP contribution in [0.4, 0.5) is 5.69 Å². The van der Waals surface area contributed by atoms with Gasteiger partial charge in [0.25, 0.3) is 0 Å². The Kier molecular flexibility index (Phi) is 3.62. The zero-order valence-corrected chi connectivity index (χ0v) is 11.5. The van der Waals surface area contributed by atoms with Crippen LogP contribution < -0.4 is 5.32 Å². The summed E-state index contributed by atoms with van der Waals surface area (Å²) in [5.41, 5.74) is 2.24. The zero-order chi connectivity index (χ0) is 13.1. The minimum Gasteiger partial charge on any atom is -0.325 e. The Hall–Kier alpha value is -1.65. The van der Waals surface area contributed by atoms with E-state index in [0.29, 0.717) is 6.54 Å². The van der Waals surface area contributed by atoms with Crippen molar-refractivity contribution in [1.82, 2.24) is 4.90 Å². The fourth-order valence-corrected chi connectivity index (χ4v) is 3.26. The van der Waals surface area contributed by atoms with Crippen LogP contribution in [0.3, 0.4) is 0 Å². The Morgan fingerprint density at radius 3 is 2.95 bits per heavy atom. The van der Waals surface area contributed by atoms with Gasteiger partial charge in [-0.2, -0.15) is 0 Å². The number of amides is 1. The van der Waals surface area contributed by atoms with E-state index in [1.54, 1.807) is 0 Å². The monoisotopic (exact) mass is 272 g/mol. The van der Waals surface area contributed by atoms with Gasteiger partial charge in [-0.3, -0.25) is 9.69 Å². The van der Waals surface area contributed by atoms with Crippen molar-refractivity contribution < 1.29 is 4.79 Å². The number of carbonyl (C=O) groups is 1. The standard InChI is InChI=1S/C15H16N2OS/c18-15(16-13-4-2-1-3-5-13)11-17-8-6-14-12(10-17)7-9-19-14/h1-5,7,9H,6,8,10-11H2,(H,16,18). The summed E-state index contributed by atoms with van der Waals surface area (Å²) in [5, 5.41) is 5.07. The fourth-order valence-electron chi connectivity index (χ4n) is 2.37. The molecule has 2 heterocycles. The van der Waals surface area contributed by atoms with Crippen LogP contribution in [0.25, 0.3) is 0 Å². The van der Waals surface area contributed by atoms with E-state index in [9.17, 15) is 4.79 Å². The Morgan fingerprint density at radius 1 is 1.26 bits per heavy atom. The lowest BCUT2D eigenvalue weighted by molar-refractivity contribution is -0.117. The van der Waals surface area contributed by atoms with Crippen molar-refractivity contribution in [3.63, 3.8) is 0 Å². The second-order valence-electron chi connectivity index (χ2n) is 4.74. The second kappa shape index (κ2) is 5.55. The number of para-hydroxylation sites is 1. The normalized spacial score (nSPS) is 14.9. The van der Waals surface area contributed by atoms with Gasteiger partial charge in [0.15, 0.2) is 0 Å². The van der Waals surface area contributed by atoms with E-state index in [2.05, 4.69) is 21.7 Å². The molecule has 0 atom stereocenters. The molecule has 1 aliphatic rings. The first-order valence-electron chi connectivity index (χ1n) is 6.44. The number of fused-ring (bicyclic) bond motifs is 1. The highest BCUT2D eigenvalue weighted by Gasteiger charge is 2.19. The second-order valence-corrected chi connectivity index (χ2v) is 5.74. The van der Waals surface area contributed by atoms with Gasteiger partial charge < -0.3 is 5.32 Å². The maximum Gasteiger partial charge on any atom is 0.238 e. The summed E-state index contributed by atoms with van der Waals surface area (Å²) in [4.78, 5) is 15.7. The van der Waals surface area contributed by atoms with Gasteiger partial charge in [0.2, 0.25) is 5.91 Å². The number of nitrogens with zero attached hydrogens (tertiary/aromatic N) is 1. The predicted molar refractivity (Wildman–Crippen MR) is 78.4 cm³/mol. The summed E-state index contributed by atoms with van der Waals surface area (Å²) < 4.78 is 0. The van der Waals surface area contributed by atoms with Crippen LogP contribution in [-0.4, -0.2) is 23.9 Å². The largest absolute Gasteiger partial charge is 0.325 e. The third kappa shape index (κ3) is 3.03. The van der Waals surface area contributed by atoms with E-state index in [1.807, 2.05) is 41.7 Å². The van der Waals surface area contributed by atoms with Crippen LogP contribution in [0, 0.1) is 0 Å². The predicted octanol–water partition coefficient (Wildman–Crippen LogP) is 2.74. The van der Waals surface area contributed by atoms with E-state index >= 15 is 0 Å². The third-order valence-electron chi connectivity index (χ3n) is 3.31. The molecule has 1 aliphatic heterocycles. The number of thiophene rings is 1. The smallest absolute Gasteiger partial charge is 0.238 e. The number of hydrogen-bond donors (Lipinski definition) is 1. The maximum atomic E-state index is 12.0. The highest BCUT2D eigenvalue weighted by molar-refractivity contribution is 7.10. The molecule has 0 spiro atoms. The van der Waals surface area contributed by atoms with E-state index in [4.69, 9.17) is 0 Å². The molecule has 0 bridgehead atoms. The van der Waals surface area contributed by atoms with Crippen LogP contribution >= 0.6 is 11.3 Å². The molecule has 0 fully saturated rings. The number of carbonyl (C=O) groups excluding carboxylic acids is 1. The molecular weight excluding hydrogens is 256 g/mol. The van der Waals surface area contributed by atoms with E-state index in [1.165, 1.54) is 10.4 Å². The summed E-state index contributed by atoms with van der Waals surface area (Å²) in [6.45, 7) is 2.32. The van der Waals surface area contributed by atoms with Gasteiger partial charge in [-0.05, 0) is 35.6 Å². The fraction of sp³-hybridized carbons (Fsp3) is 0.267. The summed E-state index contributed by atoms with van der Waals surface area (Å²) in [6, 6.07) is 11.8. The molecule has 1 amide bonds. The minimum atomic E-state index is 0.0601. The van der Waals surface area contributed by atoms with Crippen LogP contribution in [-0.2, 0) is 17.8 Å². The number of rotatable bonds is 3.